The van der Waals surface area contributed by atoms with E-state index >= 15 is 0 Å². The molecule has 1 spiro atoms. The Morgan fingerprint density at radius 3 is 3.00 bits per heavy atom. The van der Waals surface area contributed by atoms with E-state index in [4.69, 9.17) is 9.47 Å². The van der Waals surface area contributed by atoms with Gasteiger partial charge in [0.05, 0.1) is 18.8 Å². The van der Waals surface area contributed by atoms with Gasteiger partial charge in [-0.2, -0.15) is 0 Å². The molecular weight excluding hydrogens is 204 g/mol. The van der Waals surface area contributed by atoms with Crippen molar-refractivity contribution >= 4 is 0 Å². The summed E-state index contributed by atoms with van der Waals surface area (Å²) >= 11 is 0. The molecule has 0 radical (unpaired) electrons. The van der Waals surface area contributed by atoms with Crippen molar-refractivity contribution in [2.45, 2.75) is 37.6 Å². The Bertz CT molecular complexity index is 343. The summed E-state index contributed by atoms with van der Waals surface area (Å²) in [6, 6.07) is 0. The maximum Gasteiger partial charge on any atom is 0.105 e. The lowest BCUT2D eigenvalue weighted by Gasteiger charge is -2.29. The highest BCUT2D eigenvalue weighted by molar-refractivity contribution is 5.24. The molecule has 6 unspecified atom stereocenters. The van der Waals surface area contributed by atoms with Crippen LogP contribution < -0.4 is 0 Å². The van der Waals surface area contributed by atoms with Gasteiger partial charge >= 0.3 is 0 Å². The van der Waals surface area contributed by atoms with Crippen LogP contribution in [0.4, 0.5) is 0 Å². The topological polar surface area (TPSA) is 42.0 Å². The highest BCUT2D eigenvalue weighted by atomic mass is 16.6. The number of rotatable bonds is 0. The molecule has 6 atom stereocenters. The summed E-state index contributed by atoms with van der Waals surface area (Å²) in [4.78, 5) is 0. The van der Waals surface area contributed by atoms with Gasteiger partial charge < -0.3 is 14.6 Å². The molecule has 0 aromatic carbocycles. The highest BCUT2D eigenvalue weighted by Crippen LogP contribution is 2.60. The first-order chi connectivity index (χ1) is 7.71. The average Bonchev–Trinajstić information content (AvgIpc) is 2.88. The van der Waals surface area contributed by atoms with Crippen LogP contribution in [0.2, 0.25) is 0 Å². The van der Waals surface area contributed by atoms with Crippen LogP contribution in [0.1, 0.15) is 19.3 Å². The van der Waals surface area contributed by atoms with E-state index in [0.717, 1.165) is 32.5 Å². The molecule has 4 rings (SSSR count). The summed E-state index contributed by atoms with van der Waals surface area (Å²) in [5.41, 5.74) is 1.23. The van der Waals surface area contributed by atoms with Crippen molar-refractivity contribution in [1.82, 2.24) is 0 Å². The molecular formula is C13H18O3. The molecule has 0 aromatic rings. The minimum absolute atomic E-state index is 0.0381. The summed E-state index contributed by atoms with van der Waals surface area (Å²) in [5, 5.41) is 10.6. The minimum atomic E-state index is -0.207. The third-order valence-corrected chi connectivity index (χ3v) is 5.21. The van der Waals surface area contributed by atoms with Gasteiger partial charge in [-0.15, -0.1) is 0 Å². The van der Waals surface area contributed by atoms with Crippen molar-refractivity contribution in [3.63, 3.8) is 0 Å². The Labute approximate surface area is 95.4 Å². The van der Waals surface area contributed by atoms with E-state index in [1.54, 1.807) is 0 Å². The lowest BCUT2D eigenvalue weighted by atomic mass is 9.78. The van der Waals surface area contributed by atoms with E-state index in [0.29, 0.717) is 24.0 Å². The van der Waals surface area contributed by atoms with Gasteiger partial charge in [0.2, 0.25) is 0 Å². The second-order valence-electron chi connectivity index (χ2n) is 6.03. The second-order valence-corrected chi connectivity index (χ2v) is 6.03. The molecule has 2 aliphatic heterocycles. The fraction of sp³-hybridized carbons (Fsp3) is 0.846. The van der Waals surface area contributed by atoms with Crippen LogP contribution in [0.25, 0.3) is 0 Å². The van der Waals surface area contributed by atoms with E-state index in [1.165, 1.54) is 5.57 Å². The van der Waals surface area contributed by atoms with Gasteiger partial charge in [0.1, 0.15) is 6.10 Å². The van der Waals surface area contributed by atoms with Gasteiger partial charge in [-0.1, -0.05) is 6.58 Å². The predicted octanol–water partition coefficient (Wildman–Crippen LogP) is 1.12. The summed E-state index contributed by atoms with van der Waals surface area (Å²) < 4.78 is 11.2. The van der Waals surface area contributed by atoms with E-state index in [-0.39, 0.29) is 11.5 Å². The molecule has 2 aliphatic carbocycles. The van der Waals surface area contributed by atoms with Crippen molar-refractivity contribution < 1.29 is 14.6 Å². The molecule has 3 heteroatoms. The highest BCUT2D eigenvalue weighted by Gasteiger charge is 2.64. The molecule has 16 heavy (non-hydrogen) atoms. The molecule has 2 saturated heterocycles. The minimum Gasteiger partial charge on any atom is -0.392 e. The Balaban J connectivity index is 1.66. The number of aliphatic hydroxyl groups is 1. The van der Waals surface area contributed by atoms with E-state index in [9.17, 15) is 5.11 Å². The van der Waals surface area contributed by atoms with E-state index in [1.807, 2.05) is 0 Å². The van der Waals surface area contributed by atoms with Crippen LogP contribution in [-0.4, -0.2) is 36.6 Å². The number of fused-ring (bicyclic) bond motifs is 3. The van der Waals surface area contributed by atoms with E-state index in [2.05, 4.69) is 6.58 Å². The van der Waals surface area contributed by atoms with Crippen molar-refractivity contribution in [2.75, 3.05) is 13.2 Å². The van der Waals surface area contributed by atoms with Crippen molar-refractivity contribution in [3.05, 3.63) is 12.2 Å². The molecule has 0 bridgehead atoms. The monoisotopic (exact) mass is 222 g/mol. The molecule has 2 heterocycles. The maximum atomic E-state index is 10.6. The van der Waals surface area contributed by atoms with Gasteiger partial charge in [0.25, 0.3) is 0 Å². The fourth-order valence-corrected chi connectivity index (χ4v) is 4.27. The Morgan fingerprint density at radius 2 is 2.25 bits per heavy atom. The standard InChI is InChI=1S/C13H18O3/c1-7-4-8-9(11-10(7)16-11)5-13(12(8)14)2-3-15-6-13/h8-12,14H,1-6H2. The smallest absolute Gasteiger partial charge is 0.105 e. The number of ether oxygens (including phenoxy) is 2. The first-order valence-corrected chi connectivity index (χ1v) is 6.30. The SMILES string of the molecule is C=C1CC2C(CC3(CCOC3)C2O)C2OC12. The largest absolute Gasteiger partial charge is 0.392 e. The Hall–Kier alpha value is -0.380. The molecule has 4 aliphatic rings. The third-order valence-electron chi connectivity index (χ3n) is 5.21. The number of hydrogen-bond donors (Lipinski definition) is 1. The molecule has 3 nitrogen and oxygen atoms in total. The van der Waals surface area contributed by atoms with Gasteiger partial charge in [-0.05, 0) is 36.7 Å². The van der Waals surface area contributed by atoms with Crippen molar-refractivity contribution in [1.29, 1.82) is 0 Å². The summed E-state index contributed by atoms with van der Waals surface area (Å²) in [6.07, 6.45) is 3.53. The summed E-state index contributed by atoms with van der Waals surface area (Å²) in [6.45, 7) is 5.63. The van der Waals surface area contributed by atoms with Crippen LogP contribution in [-0.2, 0) is 9.47 Å². The molecule has 0 amide bonds. The molecule has 0 aromatic heterocycles. The number of epoxide rings is 1. The van der Waals surface area contributed by atoms with Gasteiger partial charge in [0, 0.05) is 12.0 Å². The molecule has 2 saturated carbocycles. The Morgan fingerprint density at radius 1 is 1.38 bits per heavy atom. The quantitative estimate of drug-likeness (QED) is 0.493. The van der Waals surface area contributed by atoms with Crippen molar-refractivity contribution in [2.24, 2.45) is 17.3 Å². The normalized spacial score (nSPS) is 58.8. The summed E-state index contributed by atoms with van der Waals surface area (Å²) in [7, 11) is 0. The van der Waals surface area contributed by atoms with Gasteiger partial charge in [0.15, 0.2) is 0 Å². The Kier molecular flexibility index (Phi) is 1.74. The first-order valence-electron chi connectivity index (χ1n) is 6.30. The second kappa shape index (κ2) is 2.89. The lowest BCUT2D eigenvalue weighted by Crippen LogP contribution is -2.35. The zero-order chi connectivity index (χ0) is 10.9. The van der Waals surface area contributed by atoms with Crippen LogP contribution in [0.15, 0.2) is 12.2 Å². The molecule has 88 valence electrons. The number of hydrogen-bond acceptors (Lipinski definition) is 3. The number of aliphatic hydroxyl groups excluding tert-OH is 1. The molecule has 4 fully saturated rings. The summed E-state index contributed by atoms with van der Waals surface area (Å²) in [5.74, 6) is 0.921. The van der Waals surface area contributed by atoms with Crippen molar-refractivity contribution in [3.8, 4) is 0 Å². The van der Waals surface area contributed by atoms with E-state index < -0.39 is 0 Å². The predicted molar refractivity (Wildman–Crippen MR) is 57.9 cm³/mol. The maximum absolute atomic E-state index is 10.6. The van der Waals surface area contributed by atoms with Crippen LogP contribution in [0, 0.1) is 17.3 Å². The first kappa shape index (κ1) is 9.63. The molecule has 1 N–H and O–H groups in total. The zero-order valence-corrected chi connectivity index (χ0v) is 9.39. The lowest BCUT2D eigenvalue weighted by molar-refractivity contribution is 0.0134. The van der Waals surface area contributed by atoms with Gasteiger partial charge in [-0.25, -0.2) is 0 Å². The van der Waals surface area contributed by atoms with Crippen LogP contribution in [0.5, 0.6) is 0 Å². The van der Waals surface area contributed by atoms with Crippen LogP contribution in [0.3, 0.4) is 0 Å². The zero-order valence-electron chi connectivity index (χ0n) is 9.39. The third kappa shape index (κ3) is 1.04. The average molecular weight is 222 g/mol. The fourth-order valence-electron chi connectivity index (χ4n) is 4.27. The van der Waals surface area contributed by atoms with Gasteiger partial charge in [-0.3, -0.25) is 0 Å². The van der Waals surface area contributed by atoms with Crippen LogP contribution >= 0.6 is 0 Å².